The van der Waals surface area contributed by atoms with Crippen molar-refractivity contribution < 1.29 is 14.3 Å². The Labute approximate surface area is 208 Å². The molecule has 0 atom stereocenters. The molecule has 1 heterocycles. The van der Waals surface area contributed by atoms with Crippen molar-refractivity contribution in [3.8, 4) is 22.8 Å². The van der Waals surface area contributed by atoms with Gasteiger partial charge in [0.05, 0.1) is 18.5 Å². The minimum atomic E-state index is -0.246. The van der Waals surface area contributed by atoms with Gasteiger partial charge in [0, 0.05) is 16.6 Å². The van der Waals surface area contributed by atoms with Crippen molar-refractivity contribution >= 4 is 34.3 Å². The molecule has 8 heteroatoms. The Bertz CT molecular complexity index is 1290. The Balaban J connectivity index is 1.35. The van der Waals surface area contributed by atoms with Crippen LogP contribution < -0.4 is 20.2 Å². The number of hydrogen-bond donors (Lipinski definition) is 2. The van der Waals surface area contributed by atoms with Gasteiger partial charge in [-0.2, -0.15) is 5.10 Å². The van der Waals surface area contributed by atoms with Crippen molar-refractivity contribution in [1.29, 1.82) is 0 Å². The van der Waals surface area contributed by atoms with Gasteiger partial charge in [0.25, 0.3) is 5.91 Å². The van der Waals surface area contributed by atoms with E-state index in [0.717, 1.165) is 28.1 Å². The van der Waals surface area contributed by atoms with Crippen molar-refractivity contribution in [2.45, 2.75) is 13.8 Å². The van der Waals surface area contributed by atoms with Crippen molar-refractivity contribution in [2.75, 3.05) is 24.0 Å². The molecule has 7 nitrogen and oxygen atoms in total. The summed E-state index contributed by atoms with van der Waals surface area (Å²) < 4.78 is 11.4. The Morgan fingerprint density at radius 1 is 1.03 bits per heavy atom. The molecule has 0 saturated carbocycles. The van der Waals surface area contributed by atoms with E-state index in [0.29, 0.717) is 23.2 Å². The quantitative estimate of drug-likeness (QED) is 0.213. The lowest BCUT2D eigenvalue weighted by molar-refractivity contribution is -0.118. The van der Waals surface area contributed by atoms with Crippen molar-refractivity contribution in [1.82, 2.24) is 4.98 Å². The Hall–Kier alpha value is -4.17. The summed E-state index contributed by atoms with van der Waals surface area (Å²) in [5, 5.41) is 9.79. The van der Waals surface area contributed by atoms with E-state index in [4.69, 9.17) is 9.47 Å². The first-order valence-corrected chi connectivity index (χ1v) is 12.0. The highest BCUT2D eigenvalue weighted by Gasteiger charge is 2.10. The van der Waals surface area contributed by atoms with Gasteiger partial charge in [0.1, 0.15) is 0 Å². The fraction of sp³-hybridized carbons (Fsp3) is 0.148. The molecular formula is C27H26N4O3S. The van der Waals surface area contributed by atoms with Crippen LogP contribution in [0.2, 0.25) is 0 Å². The van der Waals surface area contributed by atoms with Crippen LogP contribution in [0.5, 0.6) is 11.5 Å². The van der Waals surface area contributed by atoms with Gasteiger partial charge in [0.15, 0.2) is 18.1 Å². The highest BCUT2D eigenvalue weighted by molar-refractivity contribution is 7.14. The first kappa shape index (κ1) is 24.0. The number of thiazole rings is 1. The molecule has 3 aromatic carbocycles. The molecule has 2 N–H and O–H groups in total. The van der Waals surface area contributed by atoms with E-state index in [1.807, 2.05) is 86.0 Å². The number of hydrogen-bond acceptors (Lipinski definition) is 7. The van der Waals surface area contributed by atoms with Crippen molar-refractivity contribution in [3.05, 3.63) is 89.3 Å². The first-order valence-electron chi connectivity index (χ1n) is 11.2. The molecule has 4 aromatic rings. The number of carbonyl (C=O) groups is 1. The molecule has 1 aromatic heterocycles. The number of nitrogens with zero attached hydrogens (tertiary/aromatic N) is 2. The third-order valence-electron chi connectivity index (χ3n) is 4.91. The third-order valence-corrected chi connectivity index (χ3v) is 5.66. The fourth-order valence-corrected chi connectivity index (χ4v) is 3.87. The lowest BCUT2D eigenvalue weighted by Gasteiger charge is -2.12. The molecule has 0 aliphatic rings. The average molecular weight is 487 g/mol. The van der Waals surface area contributed by atoms with Crippen LogP contribution in [0.25, 0.3) is 11.3 Å². The van der Waals surface area contributed by atoms with Crippen LogP contribution in [-0.4, -0.2) is 30.3 Å². The average Bonchev–Trinajstić information content (AvgIpc) is 3.35. The first-order chi connectivity index (χ1) is 17.1. The molecule has 0 fully saturated rings. The second-order valence-corrected chi connectivity index (χ2v) is 8.47. The molecule has 0 aliphatic heterocycles. The van der Waals surface area contributed by atoms with Gasteiger partial charge in [0.2, 0.25) is 5.13 Å². The number of anilines is 2. The number of rotatable bonds is 10. The van der Waals surface area contributed by atoms with Crippen LogP contribution in [0.4, 0.5) is 10.8 Å². The molecule has 0 aliphatic carbocycles. The van der Waals surface area contributed by atoms with E-state index in [9.17, 15) is 4.79 Å². The number of ether oxygens (including phenoxy) is 2. The van der Waals surface area contributed by atoms with E-state index in [1.165, 1.54) is 11.3 Å². The van der Waals surface area contributed by atoms with E-state index in [1.54, 1.807) is 12.3 Å². The van der Waals surface area contributed by atoms with Crippen LogP contribution in [0.15, 0.2) is 83.3 Å². The van der Waals surface area contributed by atoms with Gasteiger partial charge in [-0.3, -0.25) is 10.2 Å². The summed E-state index contributed by atoms with van der Waals surface area (Å²) in [4.78, 5) is 16.8. The number of amides is 1. The Morgan fingerprint density at radius 2 is 1.83 bits per heavy atom. The fourth-order valence-electron chi connectivity index (χ4n) is 3.20. The summed E-state index contributed by atoms with van der Waals surface area (Å²) in [6, 6.07) is 23.0. The highest BCUT2D eigenvalue weighted by atomic mass is 32.1. The van der Waals surface area contributed by atoms with E-state index in [2.05, 4.69) is 20.8 Å². The normalized spacial score (nSPS) is 10.8. The van der Waals surface area contributed by atoms with Crippen LogP contribution in [0.3, 0.4) is 0 Å². The molecule has 0 bridgehead atoms. The molecule has 0 spiro atoms. The van der Waals surface area contributed by atoms with Crippen LogP contribution >= 0.6 is 11.3 Å². The molecule has 0 saturated heterocycles. The second kappa shape index (κ2) is 11.8. The standard InChI is InChI=1S/C27H26N4O3S/c1-3-33-25-15-20(16-28-31-27-30-23(18-35-27)21-7-5-4-6-8-21)11-14-24(25)34-17-26(32)29-22-12-9-19(2)10-13-22/h4-16,18H,3,17H2,1-2H3,(H,29,32)(H,30,31). The number of aryl methyl sites for hydroxylation is 1. The van der Waals surface area contributed by atoms with Crippen molar-refractivity contribution in [2.24, 2.45) is 5.10 Å². The number of carbonyl (C=O) groups excluding carboxylic acids is 1. The second-order valence-electron chi connectivity index (χ2n) is 7.62. The van der Waals surface area contributed by atoms with Gasteiger partial charge in [-0.15, -0.1) is 11.3 Å². The smallest absolute Gasteiger partial charge is 0.262 e. The zero-order valence-corrected chi connectivity index (χ0v) is 20.3. The van der Waals surface area contributed by atoms with Crippen molar-refractivity contribution in [3.63, 3.8) is 0 Å². The summed E-state index contributed by atoms with van der Waals surface area (Å²) in [5.74, 6) is 0.785. The third kappa shape index (κ3) is 6.91. The summed E-state index contributed by atoms with van der Waals surface area (Å²) in [7, 11) is 0. The van der Waals surface area contributed by atoms with Crippen LogP contribution in [-0.2, 0) is 4.79 Å². The SMILES string of the molecule is CCOc1cc(C=NNc2nc(-c3ccccc3)cs2)ccc1OCC(=O)Nc1ccc(C)cc1. The van der Waals surface area contributed by atoms with E-state index >= 15 is 0 Å². The van der Waals surface area contributed by atoms with E-state index < -0.39 is 0 Å². The van der Waals surface area contributed by atoms with Crippen LogP contribution in [0, 0.1) is 6.92 Å². The summed E-state index contributed by atoms with van der Waals surface area (Å²) in [6.45, 7) is 4.22. The maximum Gasteiger partial charge on any atom is 0.262 e. The van der Waals surface area contributed by atoms with Gasteiger partial charge in [-0.25, -0.2) is 4.98 Å². The minimum Gasteiger partial charge on any atom is -0.490 e. The van der Waals surface area contributed by atoms with Gasteiger partial charge < -0.3 is 14.8 Å². The van der Waals surface area contributed by atoms with Gasteiger partial charge in [-0.05, 0) is 49.7 Å². The summed E-state index contributed by atoms with van der Waals surface area (Å²) in [6.07, 6.45) is 1.68. The molecule has 4 rings (SSSR count). The van der Waals surface area contributed by atoms with E-state index in [-0.39, 0.29) is 12.5 Å². The summed E-state index contributed by atoms with van der Waals surface area (Å²) >= 11 is 1.49. The van der Waals surface area contributed by atoms with Crippen LogP contribution in [0.1, 0.15) is 18.1 Å². The maximum atomic E-state index is 12.3. The zero-order chi connectivity index (χ0) is 24.5. The monoisotopic (exact) mass is 486 g/mol. The molecule has 35 heavy (non-hydrogen) atoms. The number of benzene rings is 3. The number of aromatic nitrogens is 1. The van der Waals surface area contributed by atoms with Gasteiger partial charge >= 0.3 is 0 Å². The predicted octanol–water partition coefficient (Wildman–Crippen LogP) is 5.98. The molecule has 178 valence electrons. The lowest BCUT2D eigenvalue weighted by atomic mass is 10.2. The lowest BCUT2D eigenvalue weighted by Crippen LogP contribution is -2.20. The Kier molecular flexibility index (Phi) is 8.08. The maximum absolute atomic E-state index is 12.3. The minimum absolute atomic E-state index is 0.128. The topological polar surface area (TPSA) is 84.8 Å². The number of nitrogens with one attached hydrogen (secondary N) is 2. The molecular weight excluding hydrogens is 460 g/mol. The molecule has 0 radical (unpaired) electrons. The largest absolute Gasteiger partial charge is 0.490 e. The molecule has 0 unspecified atom stereocenters. The summed E-state index contributed by atoms with van der Waals surface area (Å²) in [5.41, 5.74) is 7.60. The zero-order valence-electron chi connectivity index (χ0n) is 19.5. The Morgan fingerprint density at radius 3 is 2.60 bits per heavy atom. The molecule has 1 amide bonds. The van der Waals surface area contributed by atoms with Gasteiger partial charge in [-0.1, -0.05) is 48.0 Å². The highest BCUT2D eigenvalue weighted by Crippen LogP contribution is 2.28. The number of hydrazone groups is 1. The predicted molar refractivity (Wildman–Crippen MR) is 142 cm³/mol.